The highest BCUT2D eigenvalue weighted by Crippen LogP contribution is 2.14. The molecule has 1 fully saturated rings. The zero-order valence-corrected chi connectivity index (χ0v) is 25.8. The average molecular weight is 568 g/mol. The van der Waals surface area contributed by atoms with Crippen LogP contribution < -0.4 is 5.32 Å². The van der Waals surface area contributed by atoms with Crippen LogP contribution in [0.1, 0.15) is 62.3 Å². The van der Waals surface area contributed by atoms with Gasteiger partial charge in [0.1, 0.15) is 16.8 Å². The van der Waals surface area contributed by atoms with Crippen LogP contribution in [0.3, 0.4) is 0 Å². The van der Waals surface area contributed by atoms with Crippen LogP contribution in [-0.2, 0) is 19.0 Å². The number of nitrogens with zero attached hydrogens (tertiary/aromatic N) is 4. The number of nitrogens with one attached hydrogen (secondary N) is 1. The molecule has 228 valence electrons. The van der Waals surface area contributed by atoms with Crippen LogP contribution in [0.5, 0.6) is 0 Å². The van der Waals surface area contributed by atoms with Crippen LogP contribution >= 0.6 is 0 Å². The number of terminal acetylenes is 1. The summed E-state index contributed by atoms with van der Waals surface area (Å²) in [6.45, 7) is 17.8. The molecule has 0 aliphatic carbocycles. The van der Waals surface area contributed by atoms with E-state index in [4.69, 9.17) is 20.6 Å². The van der Waals surface area contributed by atoms with Crippen molar-refractivity contribution < 1.29 is 33.4 Å². The maximum atomic E-state index is 13.1. The van der Waals surface area contributed by atoms with Crippen LogP contribution in [-0.4, -0.2) is 126 Å². The van der Waals surface area contributed by atoms with Gasteiger partial charge in [0, 0.05) is 52.4 Å². The van der Waals surface area contributed by atoms with E-state index in [-0.39, 0.29) is 58.3 Å². The Balaban J connectivity index is 3.28. The fourth-order valence-electron chi connectivity index (χ4n) is 3.55. The molecule has 12 heteroatoms. The first-order valence-corrected chi connectivity index (χ1v) is 13.7. The summed E-state index contributed by atoms with van der Waals surface area (Å²) in [5.74, 6) is 2.10. The molecule has 0 aromatic heterocycles. The van der Waals surface area contributed by atoms with Crippen molar-refractivity contribution in [3.8, 4) is 12.3 Å². The van der Waals surface area contributed by atoms with Gasteiger partial charge < -0.3 is 34.2 Å². The van der Waals surface area contributed by atoms with E-state index in [9.17, 15) is 19.2 Å². The van der Waals surface area contributed by atoms with Gasteiger partial charge in [0.25, 0.3) is 0 Å². The van der Waals surface area contributed by atoms with E-state index in [1.54, 1.807) is 62.3 Å². The number of carbonyl (C=O) groups excluding carboxylic acids is 4. The molecule has 1 aliphatic heterocycles. The molecule has 0 spiro atoms. The Bertz CT molecular complexity index is 868. The van der Waals surface area contributed by atoms with Gasteiger partial charge in [-0.05, 0) is 62.3 Å². The Morgan fingerprint density at radius 2 is 0.925 bits per heavy atom. The highest BCUT2D eigenvalue weighted by molar-refractivity contribution is 5.78. The summed E-state index contributed by atoms with van der Waals surface area (Å²) in [5.41, 5.74) is -2.15. The van der Waals surface area contributed by atoms with E-state index in [1.807, 2.05) is 4.90 Å². The number of amides is 4. The molecule has 1 heterocycles. The molecule has 1 N–H and O–H groups in total. The first-order chi connectivity index (χ1) is 18.3. The van der Waals surface area contributed by atoms with Crippen LogP contribution in [0.25, 0.3) is 0 Å². The van der Waals surface area contributed by atoms with Crippen molar-refractivity contribution in [1.82, 2.24) is 24.9 Å². The maximum Gasteiger partial charge on any atom is 0.410 e. The molecular weight excluding hydrogens is 518 g/mol. The fourth-order valence-corrected chi connectivity index (χ4v) is 3.55. The van der Waals surface area contributed by atoms with E-state index in [0.717, 1.165) is 0 Å². The van der Waals surface area contributed by atoms with Crippen molar-refractivity contribution in [2.75, 3.05) is 65.4 Å². The Morgan fingerprint density at radius 1 is 0.625 bits per heavy atom. The third-order valence-corrected chi connectivity index (χ3v) is 5.36. The lowest BCUT2D eigenvalue weighted by molar-refractivity contribution is -0.122. The Kier molecular flexibility index (Phi) is 13.0. The molecule has 0 aromatic carbocycles. The van der Waals surface area contributed by atoms with Crippen molar-refractivity contribution in [3.63, 3.8) is 0 Å². The molecule has 1 aliphatic rings. The first-order valence-electron chi connectivity index (χ1n) is 13.7. The number of ether oxygens (including phenoxy) is 3. The van der Waals surface area contributed by atoms with Gasteiger partial charge in [-0.25, -0.2) is 14.4 Å². The highest BCUT2D eigenvalue weighted by Gasteiger charge is 2.29. The lowest BCUT2D eigenvalue weighted by atomic mass is 10.2. The lowest BCUT2D eigenvalue weighted by Gasteiger charge is -2.35. The third kappa shape index (κ3) is 14.8. The summed E-state index contributed by atoms with van der Waals surface area (Å²) in [6, 6.07) is 0. The zero-order chi connectivity index (χ0) is 30.7. The van der Waals surface area contributed by atoms with Crippen molar-refractivity contribution >= 4 is 24.2 Å². The number of rotatable bonds is 3. The zero-order valence-electron chi connectivity index (χ0n) is 25.8. The summed E-state index contributed by atoms with van der Waals surface area (Å²) in [4.78, 5) is 58.0. The summed E-state index contributed by atoms with van der Waals surface area (Å²) in [7, 11) is 0. The topological polar surface area (TPSA) is 121 Å². The Morgan fingerprint density at radius 3 is 1.20 bits per heavy atom. The van der Waals surface area contributed by atoms with Gasteiger partial charge >= 0.3 is 18.3 Å². The highest BCUT2D eigenvalue weighted by atomic mass is 16.6. The summed E-state index contributed by atoms with van der Waals surface area (Å²) >= 11 is 0. The fraction of sp³-hybridized carbons (Fsp3) is 0.786. The second-order valence-electron chi connectivity index (χ2n) is 12.7. The number of carbonyl (C=O) groups is 4. The summed E-state index contributed by atoms with van der Waals surface area (Å²) in [6.07, 6.45) is 3.66. The van der Waals surface area contributed by atoms with Gasteiger partial charge in [-0.15, -0.1) is 6.42 Å². The molecule has 0 aromatic rings. The van der Waals surface area contributed by atoms with Crippen molar-refractivity contribution in [1.29, 1.82) is 0 Å². The molecule has 0 saturated carbocycles. The van der Waals surface area contributed by atoms with Crippen LogP contribution in [0, 0.1) is 12.3 Å². The van der Waals surface area contributed by atoms with E-state index in [2.05, 4.69) is 11.2 Å². The second-order valence-corrected chi connectivity index (χ2v) is 12.7. The molecule has 4 amide bonds. The van der Waals surface area contributed by atoms with Crippen LogP contribution in [0.15, 0.2) is 0 Å². The molecule has 0 atom stereocenters. The minimum absolute atomic E-state index is 0.0238. The number of hydrogen-bond acceptors (Lipinski definition) is 8. The van der Waals surface area contributed by atoms with Gasteiger partial charge in [-0.3, -0.25) is 9.69 Å². The number of hydrogen-bond donors (Lipinski definition) is 1. The standard InChI is InChI=1S/C28H49N5O7/c1-11-12-29-22(34)21-30-13-15-31(23(35)38-26(2,3)4)17-19-33(25(37)40-28(8,9)10)20-18-32(16-14-30)24(36)39-27(5,6)7/h1H,12-21H2,2-10H3,(H,29,34). The largest absolute Gasteiger partial charge is 0.444 e. The lowest BCUT2D eigenvalue weighted by Crippen LogP contribution is -2.52. The van der Waals surface area contributed by atoms with Crippen molar-refractivity contribution in [3.05, 3.63) is 0 Å². The van der Waals surface area contributed by atoms with Gasteiger partial charge in [0.2, 0.25) is 5.91 Å². The van der Waals surface area contributed by atoms with Gasteiger partial charge in [-0.1, -0.05) is 5.92 Å². The maximum absolute atomic E-state index is 13.1. The minimum atomic E-state index is -0.725. The van der Waals surface area contributed by atoms with Crippen LogP contribution in [0.4, 0.5) is 14.4 Å². The molecule has 40 heavy (non-hydrogen) atoms. The monoisotopic (exact) mass is 567 g/mol. The smallest absolute Gasteiger partial charge is 0.410 e. The molecule has 0 radical (unpaired) electrons. The molecule has 1 saturated heterocycles. The summed E-state index contributed by atoms with van der Waals surface area (Å²) < 4.78 is 16.8. The predicted octanol–water partition coefficient (Wildman–Crippen LogP) is 2.76. The van der Waals surface area contributed by atoms with E-state index in [1.165, 1.54) is 14.7 Å². The summed E-state index contributed by atoms with van der Waals surface area (Å²) in [5, 5.41) is 2.65. The third-order valence-electron chi connectivity index (χ3n) is 5.36. The van der Waals surface area contributed by atoms with E-state index in [0.29, 0.717) is 13.1 Å². The SMILES string of the molecule is C#CCNC(=O)CN1CCN(C(=O)OC(C)(C)C)CCN(C(=O)OC(C)(C)C)CCN(C(=O)OC(C)(C)C)CC1. The molecule has 12 nitrogen and oxygen atoms in total. The van der Waals surface area contributed by atoms with Gasteiger partial charge in [0.15, 0.2) is 0 Å². The predicted molar refractivity (Wildman–Crippen MR) is 152 cm³/mol. The Labute approximate surface area is 239 Å². The molecule has 0 bridgehead atoms. The minimum Gasteiger partial charge on any atom is -0.444 e. The van der Waals surface area contributed by atoms with E-state index >= 15 is 0 Å². The van der Waals surface area contributed by atoms with Gasteiger partial charge in [-0.2, -0.15) is 0 Å². The van der Waals surface area contributed by atoms with Crippen LogP contribution in [0.2, 0.25) is 0 Å². The quantitative estimate of drug-likeness (QED) is 0.408. The molecule has 0 unspecified atom stereocenters. The molecule has 1 rings (SSSR count). The van der Waals surface area contributed by atoms with Crippen molar-refractivity contribution in [2.24, 2.45) is 0 Å². The Hall–Kier alpha value is -3.20. The van der Waals surface area contributed by atoms with E-state index < -0.39 is 35.1 Å². The second kappa shape index (κ2) is 15.0. The average Bonchev–Trinajstić information content (AvgIpc) is 2.75. The molecular formula is C28H49N5O7. The first kappa shape index (κ1) is 34.8. The van der Waals surface area contributed by atoms with Crippen molar-refractivity contribution in [2.45, 2.75) is 79.1 Å². The van der Waals surface area contributed by atoms with Gasteiger partial charge in [0.05, 0.1) is 13.1 Å². The normalized spacial score (nSPS) is 16.6.